The van der Waals surface area contributed by atoms with Gasteiger partial charge in [-0.3, -0.25) is 0 Å². The smallest absolute Gasteiger partial charge is 0.0338 e. The highest BCUT2D eigenvalue weighted by Gasteiger charge is 2.31. The Bertz CT molecular complexity index is 707. The summed E-state index contributed by atoms with van der Waals surface area (Å²) in [5.41, 5.74) is 1.36. The van der Waals surface area contributed by atoms with Crippen LogP contribution in [0.2, 0.25) is 0 Å². The molecule has 0 heterocycles. The third-order valence-electron chi connectivity index (χ3n) is 4.02. The summed E-state index contributed by atoms with van der Waals surface area (Å²) in [6, 6.07) is 32.6. The second-order valence-corrected chi connectivity index (χ2v) is 11.9. The zero-order chi connectivity index (χ0) is 16.8. The molecule has 0 saturated heterocycles. The van der Waals surface area contributed by atoms with Crippen LogP contribution in [0, 0.1) is 0 Å². The van der Waals surface area contributed by atoms with Gasteiger partial charge in [0.1, 0.15) is 0 Å². The molecule has 1 nitrogen and oxygen atoms in total. The normalized spacial score (nSPS) is 12.3. The summed E-state index contributed by atoms with van der Waals surface area (Å²) in [7, 11) is -1.28. The number of rotatable bonds is 6. The predicted molar refractivity (Wildman–Crippen MR) is 114 cm³/mol. The Labute approximate surface area is 158 Å². The van der Waals surface area contributed by atoms with E-state index in [2.05, 4.69) is 123 Å². The summed E-state index contributed by atoms with van der Waals surface area (Å²) < 4.78 is 2.62. The van der Waals surface area contributed by atoms with Gasteiger partial charge in [-0.25, -0.2) is 4.31 Å². The van der Waals surface area contributed by atoms with Gasteiger partial charge in [0, 0.05) is 22.9 Å². The molecule has 3 aromatic carbocycles. The SMILES string of the molecule is CCN(Cc1ccccc1)S(I)(c1ccccc1)c1ccccc1. The molecule has 24 heavy (non-hydrogen) atoms. The molecular formula is C21H22INS. The number of halogens is 1. The molecule has 0 aliphatic heterocycles. The second-order valence-electron chi connectivity index (χ2n) is 5.58. The molecule has 0 aromatic heterocycles. The molecule has 3 rings (SSSR count). The Hall–Kier alpha value is -1.30. The van der Waals surface area contributed by atoms with Crippen LogP contribution in [0.15, 0.2) is 101 Å². The molecule has 0 spiro atoms. The van der Waals surface area contributed by atoms with E-state index in [0.29, 0.717) is 0 Å². The Balaban J connectivity index is 2.06. The lowest BCUT2D eigenvalue weighted by Crippen LogP contribution is -2.24. The molecule has 0 fully saturated rings. The van der Waals surface area contributed by atoms with Crippen molar-refractivity contribution in [3.8, 4) is 0 Å². The van der Waals surface area contributed by atoms with Crippen LogP contribution in [0.25, 0.3) is 0 Å². The Morgan fingerprint density at radius 3 is 1.54 bits per heavy atom. The molecule has 0 amide bonds. The molecule has 0 unspecified atom stereocenters. The third kappa shape index (κ3) is 3.68. The van der Waals surface area contributed by atoms with Crippen LogP contribution in [0.5, 0.6) is 0 Å². The minimum Gasteiger partial charge on any atom is -0.248 e. The van der Waals surface area contributed by atoms with Crippen molar-refractivity contribution >= 4 is 28.6 Å². The van der Waals surface area contributed by atoms with Crippen molar-refractivity contribution in [1.29, 1.82) is 0 Å². The summed E-state index contributed by atoms with van der Waals surface area (Å²) in [5, 5.41) is 0. The number of hydrogen-bond acceptors (Lipinski definition) is 1. The first-order valence-electron chi connectivity index (χ1n) is 8.17. The third-order valence-corrected chi connectivity index (χ3v) is 11.6. The van der Waals surface area contributed by atoms with Crippen LogP contribution in [0.4, 0.5) is 0 Å². The Morgan fingerprint density at radius 1 is 0.708 bits per heavy atom. The van der Waals surface area contributed by atoms with Gasteiger partial charge in [0.05, 0.1) is 0 Å². The first kappa shape index (κ1) is 17.5. The molecule has 0 radical (unpaired) electrons. The van der Waals surface area contributed by atoms with Crippen molar-refractivity contribution in [3.05, 3.63) is 96.6 Å². The van der Waals surface area contributed by atoms with Crippen molar-refractivity contribution in [2.45, 2.75) is 23.3 Å². The molecule has 0 saturated carbocycles. The van der Waals surface area contributed by atoms with E-state index < -0.39 is 7.39 Å². The van der Waals surface area contributed by atoms with E-state index in [9.17, 15) is 0 Å². The quantitative estimate of drug-likeness (QED) is 0.380. The van der Waals surface area contributed by atoms with Gasteiger partial charge in [-0.1, -0.05) is 81.0 Å². The van der Waals surface area contributed by atoms with E-state index in [4.69, 9.17) is 0 Å². The fourth-order valence-corrected chi connectivity index (χ4v) is 8.40. The average molecular weight is 447 g/mol. The highest BCUT2D eigenvalue weighted by molar-refractivity contribution is 14.2. The van der Waals surface area contributed by atoms with Crippen LogP contribution in [0.3, 0.4) is 0 Å². The number of benzene rings is 3. The van der Waals surface area contributed by atoms with E-state index in [1.807, 2.05) is 0 Å². The van der Waals surface area contributed by atoms with Crippen LogP contribution in [-0.2, 0) is 6.54 Å². The van der Waals surface area contributed by atoms with Gasteiger partial charge in [0.2, 0.25) is 0 Å². The first-order valence-corrected chi connectivity index (χ1v) is 12.3. The molecule has 0 aliphatic rings. The standard InChI is InChI=1S/C21H22INS/c1-2-23(18-19-12-6-3-7-13-19)24(22,20-14-8-4-9-15-20)21-16-10-5-11-17-21/h3-17H,2,18H2,1H3. The van der Waals surface area contributed by atoms with Gasteiger partial charge in [0.25, 0.3) is 0 Å². The van der Waals surface area contributed by atoms with E-state index in [1.54, 1.807) is 0 Å². The van der Waals surface area contributed by atoms with Crippen LogP contribution >= 0.6 is 28.6 Å². The van der Waals surface area contributed by atoms with Crippen LogP contribution in [-0.4, -0.2) is 10.8 Å². The second kappa shape index (κ2) is 8.19. The van der Waals surface area contributed by atoms with Crippen molar-refractivity contribution in [2.24, 2.45) is 0 Å². The maximum atomic E-state index is 2.70. The zero-order valence-corrected chi connectivity index (χ0v) is 16.8. The molecule has 0 N–H and O–H groups in total. The van der Waals surface area contributed by atoms with Gasteiger partial charge in [-0.2, -0.15) is 0 Å². The Morgan fingerprint density at radius 2 is 1.12 bits per heavy atom. The monoisotopic (exact) mass is 447 g/mol. The van der Waals surface area contributed by atoms with Crippen molar-refractivity contribution in [2.75, 3.05) is 6.54 Å². The van der Waals surface area contributed by atoms with Crippen molar-refractivity contribution in [3.63, 3.8) is 0 Å². The molecule has 3 aromatic rings. The van der Waals surface area contributed by atoms with E-state index in [0.717, 1.165) is 13.1 Å². The summed E-state index contributed by atoms with van der Waals surface area (Å²) in [4.78, 5) is 2.80. The van der Waals surface area contributed by atoms with Crippen LogP contribution < -0.4 is 0 Å². The average Bonchev–Trinajstić information content (AvgIpc) is 2.67. The maximum absolute atomic E-state index is 2.70. The van der Waals surface area contributed by atoms with E-state index in [1.165, 1.54) is 15.4 Å². The summed E-state index contributed by atoms with van der Waals surface area (Å²) in [5.74, 6) is 0. The van der Waals surface area contributed by atoms with Gasteiger partial charge in [-0.15, -0.1) is 0 Å². The lowest BCUT2D eigenvalue weighted by molar-refractivity contribution is 0.483. The summed E-state index contributed by atoms with van der Waals surface area (Å²) in [6.45, 7) is 4.23. The fourth-order valence-electron chi connectivity index (χ4n) is 2.80. The largest absolute Gasteiger partial charge is 0.248 e. The lowest BCUT2D eigenvalue weighted by Gasteiger charge is -2.44. The van der Waals surface area contributed by atoms with E-state index in [-0.39, 0.29) is 0 Å². The van der Waals surface area contributed by atoms with Crippen molar-refractivity contribution in [1.82, 2.24) is 4.31 Å². The molecule has 0 bridgehead atoms. The zero-order valence-electron chi connectivity index (χ0n) is 13.8. The number of hydrogen-bond donors (Lipinski definition) is 0. The summed E-state index contributed by atoms with van der Waals surface area (Å²) in [6.07, 6.45) is 0. The van der Waals surface area contributed by atoms with E-state index >= 15 is 0 Å². The molecule has 124 valence electrons. The van der Waals surface area contributed by atoms with Gasteiger partial charge < -0.3 is 0 Å². The highest BCUT2D eigenvalue weighted by atomic mass is 127. The minimum absolute atomic E-state index is 0.958. The highest BCUT2D eigenvalue weighted by Crippen LogP contribution is 2.71. The minimum atomic E-state index is -1.28. The topological polar surface area (TPSA) is 3.24 Å². The maximum Gasteiger partial charge on any atom is 0.0338 e. The van der Waals surface area contributed by atoms with Crippen LogP contribution in [0.1, 0.15) is 12.5 Å². The molecule has 0 atom stereocenters. The predicted octanol–water partition coefficient (Wildman–Crippen LogP) is 6.70. The fraction of sp³-hybridized carbons (Fsp3) is 0.143. The van der Waals surface area contributed by atoms with Gasteiger partial charge in [0.15, 0.2) is 0 Å². The van der Waals surface area contributed by atoms with Gasteiger partial charge in [-0.05, 0) is 51.0 Å². The summed E-state index contributed by atoms with van der Waals surface area (Å²) >= 11 is 2.70. The molecular weight excluding hydrogens is 425 g/mol. The first-order chi connectivity index (χ1) is 11.7. The lowest BCUT2D eigenvalue weighted by atomic mass is 10.2. The van der Waals surface area contributed by atoms with Crippen molar-refractivity contribution < 1.29 is 0 Å². The molecule has 3 heteroatoms. The Kier molecular flexibility index (Phi) is 5.98. The number of nitrogens with zero attached hydrogens (tertiary/aromatic N) is 1. The molecule has 0 aliphatic carbocycles. The van der Waals surface area contributed by atoms with Gasteiger partial charge >= 0.3 is 0 Å².